The summed E-state index contributed by atoms with van der Waals surface area (Å²) in [5.74, 6) is 0. The zero-order valence-corrected chi connectivity index (χ0v) is 13.3. The van der Waals surface area contributed by atoms with Crippen LogP contribution in [0.5, 0.6) is 0 Å². The molecule has 104 valence electrons. The first-order valence-corrected chi connectivity index (χ1v) is 7.41. The molecule has 0 saturated carbocycles. The summed E-state index contributed by atoms with van der Waals surface area (Å²) in [4.78, 5) is 2.34. The fourth-order valence-corrected chi connectivity index (χ4v) is 3.61. The zero-order valence-electron chi connectivity index (χ0n) is 13.3. The highest BCUT2D eigenvalue weighted by Crippen LogP contribution is 2.43. The maximum atomic E-state index is 2.45. The lowest BCUT2D eigenvalue weighted by atomic mass is 9.69. The van der Waals surface area contributed by atoms with Gasteiger partial charge in [0, 0.05) is 12.0 Å². The Morgan fingerprint density at radius 3 is 2.44 bits per heavy atom. The molecule has 0 aromatic carbocycles. The van der Waals surface area contributed by atoms with Gasteiger partial charge in [-0.3, -0.25) is 0 Å². The fourth-order valence-electron chi connectivity index (χ4n) is 3.61. The van der Waals surface area contributed by atoms with Crippen LogP contribution in [-0.4, -0.2) is 25.5 Å². The molecule has 0 radical (unpaired) electrons. The normalized spacial score (nSPS) is 24.7. The Balaban J connectivity index is 2.90. The van der Waals surface area contributed by atoms with Gasteiger partial charge in [-0.05, 0) is 47.2 Å². The molecule has 0 amide bonds. The first-order chi connectivity index (χ1) is 8.39. The average molecular weight is 249 g/mol. The first-order valence-electron chi connectivity index (χ1n) is 7.41. The minimum Gasteiger partial charge on any atom is -0.309 e. The Morgan fingerprint density at radius 2 is 1.89 bits per heavy atom. The molecule has 1 aliphatic rings. The molecule has 1 atom stereocenters. The highest BCUT2D eigenvalue weighted by Gasteiger charge is 2.32. The van der Waals surface area contributed by atoms with E-state index in [1.165, 1.54) is 43.3 Å². The van der Waals surface area contributed by atoms with Crippen molar-refractivity contribution in [1.82, 2.24) is 4.90 Å². The number of hydrogen-bond acceptors (Lipinski definition) is 1. The van der Waals surface area contributed by atoms with Crippen LogP contribution in [0.3, 0.4) is 0 Å². The third-order valence-corrected chi connectivity index (χ3v) is 4.03. The molecule has 0 aromatic heterocycles. The summed E-state index contributed by atoms with van der Waals surface area (Å²) < 4.78 is 0. The molecule has 1 rings (SSSR count). The summed E-state index contributed by atoms with van der Waals surface area (Å²) in [7, 11) is 4.38. The summed E-state index contributed by atoms with van der Waals surface area (Å²) in [6, 6.07) is 0. The molecule has 0 bridgehead atoms. The maximum Gasteiger partial charge on any atom is 0.00699 e. The van der Waals surface area contributed by atoms with Crippen LogP contribution in [0.25, 0.3) is 0 Å². The summed E-state index contributed by atoms with van der Waals surface area (Å²) in [5, 5.41) is 0. The van der Waals surface area contributed by atoms with Gasteiger partial charge in [0.25, 0.3) is 0 Å². The summed E-state index contributed by atoms with van der Waals surface area (Å²) >= 11 is 0. The molecular weight excluding hydrogens is 218 g/mol. The molecule has 1 nitrogen and oxygen atoms in total. The standard InChI is InChI=1S/C17H31N/c1-7-8-9-10-16-15(3)11-14(2)12-17(16,4)13-18(5)6/h11H,7-10,12-13H2,1-6H3/t17-/m0/s1. The van der Waals surface area contributed by atoms with Gasteiger partial charge in [-0.25, -0.2) is 0 Å². The van der Waals surface area contributed by atoms with E-state index in [9.17, 15) is 0 Å². The van der Waals surface area contributed by atoms with E-state index >= 15 is 0 Å². The molecule has 0 saturated heterocycles. The van der Waals surface area contributed by atoms with E-state index in [0.29, 0.717) is 5.41 Å². The number of hydrogen-bond donors (Lipinski definition) is 0. The molecule has 0 aliphatic heterocycles. The summed E-state index contributed by atoms with van der Waals surface area (Å²) in [6.07, 6.45) is 8.93. The van der Waals surface area contributed by atoms with Crippen molar-refractivity contribution in [3.05, 3.63) is 22.8 Å². The van der Waals surface area contributed by atoms with Crippen LogP contribution in [0.2, 0.25) is 0 Å². The van der Waals surface area contributed by atoms with Crippen LogP contribution in [0.15, 0.2) is 22.8 Å². The van der Waals surface area contributed by atoms with E-state index in [2.05, 4.69) is 52.8 Å². The third-order valence-electron chi connectivity index (χ3n) is 4.03. The van der Waals surface area contributed by atoms with E-state index < -0.39 is 0 Å². The second kappa shape index (κ2) is 6.56. The van der Waals surface area contributed by atoms with E-state index in [1.807, 2.05) is 0 Å². The topological polar surface area (TPSA) is 3.24 Å². The molecule has 0 aromatic rings. The van der Waals surface area contributed by atoms with Crippen LogP contribution < -0.4 is 0 Å². The quantitative estimate of drug-likeness (QED) is 0.611. The van der Waals surface area contributed by atoms with Crippen LogP contribution in [0.1, 0.15) is 59.8 Å². The summed E-state index contributed by atoms with van der Waals surface area (Å²) in [6.45, 7) is 10.5. The van der Waals surface area contributed by atoms with Gasteiger partial charge in [0.15, 0.2) is 0 Å². The Bertz CT molecular complexity index is 336. The van der Waals surface area contributed by atoms with Gasteiger partial charge >= 0.3 is 0 Å². The smallest absolute Gasteiger partial charge is 0.00699 e. The molecule has 0 unspecified atom stereocenters. The Hall–Kier alpha value is -0.560. The van der Waals surface area contributed by atoms with E-state index in [1.54, 1.807) is 5.57 Å². The van der Waals surface area contributed by atoms with E-state index in [4.69, 9.17) is 0 Å². The van der Waals surface area contributed by atoms with Crippen LogP contribution in [0, 0.1) is 5.41 Å². The molecular formula is C17H31N. The van der Waals surface area contributed by atoms with Crippen molar-refractivity contribution in [2.75, 3.05) is 20.6 Å². The molecule has 1 heteroatoms. The second-order valence-corrected chi connectivity index (χ2v) is 6.58. The largest absolute Gasteiger partial charge is 0.309 e. The van der Waals surface area contributed by atoms with Gasteiger partial charge in [-0.1, -0.05) is 49.5 Å². The second-order valence-electron chi connectivity index (χ2n) is 6.58. The third kappa shape index (κ3) is 3.98. The van der Waals surface area contributed by atoms with Gasteiger partial charge in [-0.15, -0.1) is 0 Å². The van der Waals surface area contributed by atoms with Crippen molar-refractivity contribution in [2.45, 2.75) is 59.8 Å². The van der Waals surface area contributed by atoms with Crippen molar-refractivity contribution >= 4 is 0 Å². The van der Waals surface area contributed by atoms with E-state index in [0.717, 1.165) is 6.54 Å². The number of allylic oxidation sites excluding steroid dienone is 3. The van der Waals surface area contributed by atoms with Gasteiger partial charge in [0.1, 0.15) is 0 Å². The lowest BCUT2D eigenvalue weighted by molar-refractivity contribution is 0.246. The minimum atomic E-state index is 0.347. The molecule has 0 spiro atoms. The Kier molecular flexibility index (Phi) is 5.65. The van der Waals surface area contributed by atoms with Crippen LogP contribution in [-0.2, 0) is 0 Å². The molecule has 0 heterocycles. The van der Waals surface area contributed by atoms with Gasteiger partial charge in [0.05, 0.1) is 0 Å². The maximum absolute atomic E-state index is 2.45. The van der Waals surface area contributed by atoms with Crippen molar-refractivity contribution in [3.8, 4) is 0 Å². The number of rotatable bonds is 6. The molecule has 0 fully saturated rings. The van der Waals surface area contributed by atoms with Crippen molar-refractivity contribution < 1.29 is 0 Å². The van der Waals surface area contributed by atoms with Crippen LogP contribution in [0.4, 0.5) is 0 Å². The van der Waals surface area contributed by atoms with Crippen molar-refractivity contribution in [1.29, 1.82) is 0 Å². The fraction of sp³-hybridized carbons (Fsp3) is 0.765. The molecule has 1 aliphatic carbocycles. The predicted molar refractivity (Wildman–Crippen MR) is 81.9 cm³/mol. The molecule has 18 heavy (non-hydrogen) atoms. The lowest BCUT2D eigenvalue weighted by Gasteiger charge is -2.39. The lowest BCUT2D eigenvalue weighted by Crippen LogP contribution is -2.35. The minimum absolute atomic E-state index is 0.347. The van der Waals surface area contributed by atoms with Gasteiger partial charge in [0.2, 0.25) is 0 Å². The Morgan fingerprint density at radius 1 is 1.22 bits per heavy atom. The monoisotopic (exact) mass is 249 g/mol. The molecule has 0 N–H and O–H groups in total. The number of unbranched alkanes of at least 4 members (excludes halogenated alkanes) is 2. The number of nitrogens with zero attached hydrogens (tertiary/aromatic N) is 1. The first kappa shape index (κ1) is 15.5. The van der Waals surface area contributed by atoms with Crippen LogP contribution >= 0.6 is 0 Å². The van der Waals surface area contributed by atoms with Gasteiger partial charge in [-0.2, -0.15) is 0 Å². The Labute approximate surface area is 114 Å². The van der Waals surface area contributed by atoms with Crippen molar-refractivity contribution in [3.63, 3.8) is 0 Å². The van der Waals surface area contributed by atoms with Crippen molar-refractivity contribution in [2.24, 2.45) is 5.41 Å². The van der Waals surface area contributed by atoms with E-state index in [-0.39, 0.29) is 0 Å². The predicted octanol–water partition coefficient (Wildman–Crippen LogP) is 4.80. The zero-order chi connectivity index (χ0) is 13.8. The highest BCUT2D eigenvalue weighted by molar-refractivity contribution is 5.37. The average Bonchev–Trinajstić information content (AvgIpc) is 2.20. The van der Waals surface area contributed by atoms with Gasteiger partial charge < -0.3 is 4.90 Å². The summed E-state index contributed by atoms with van der Waals surface area (Å²) in [5.41, 5.74) is 5.12. The highest BCUT2D eigenvalue weighted by atomic mass is 15.1. The SMILES string of the molecule is CCCCCC1=C(C)C=C(C)C[C@@]1(C)CN(C)C.